The van der Waals surface area contributed by atoms with E-state index in [1.54, 1.807) is 13.0 Å². The van der Waals surface area contributed by atoms with Crippen LogP contribution in [0.25, 0.3) is 0 Å². The number of ether oxygens (including phenoxy) is 1. The zero-order valence-electron chi connectivity index (χ0n) is 15.8. The normalized spacial score (nSPS) is 25.2. The second kappa shape index (κ2) is 8.91. The average Bonchev–Trinajstić information content (AvgIpc) is 2.66. The number of rotatable bonds is 6. The zero-order valence-corrected chi connectivity index (χ0v) is 15.8. The van der Waals surface area contributed by atoms with Gasteiger partial charge in [-0.2, -0.15) is 0 Å². The maximum Gasteiger partial charge on any atom is 0.134 e. The van der Waals surface area contributed by atoms with Crippen molar-refractivity contribution in [1.82, 2.24) is 4.90 Å². The number of piperidine rings is 1. The summed E-state index contributed by atoms with van der Waals surface area (Å²) < 4.78 is 19.4. The Morgan fingerprint density at radius 1 is 1.19 bits per heavy atom. The zero-order chi connectivity index (χ0) is 18.5. The van der Waals surface area contributed by atoms with Crippen molar-refractivity contribution < 1.29 is 9.13 Å². The van der Waals surface area contributed by atoms with E-state index in [9.17, 15) is 9.30 Å². The molecule has 6 heteroatoms. The van der Waals surface area contributed by atoms with Gasteiger partial charge in [0.1, 0.15) is 11.5 Å². The van der Waals surface area contributed by atoms with Gasteiger partial charge in [0.2, 0.25) is 0 Å². The molecule has 144 valence electrons. The van der Waals surface area contributed by atoms with Crippen LogP contribution in [0, 0.1) is 17.6 Å². The van der Waals surface area contributed by atoms with Crippen molar-refractivity contribution in [2.75, 3.05) is 25.0 Å². The molecule has 1 aliphatic heterocycles. The highest BCUT2D eigenvalue weighted by molar-refractivity contribution is 5.67. The first-order valence-electron chi connectivity index (χ1n) is 9.86. The van der Waals surface area contributed by atoms with E-state index in [0.29, 0.717) is 29.4 Å². The van der Waals surface area contributed by atoms with Gasteiger partial charge in [-0.05, 0) is 69.2 Å². The first-order chi connectivity index (χ1) is 12.6. The summed E-state index contributed by atoms with van der Waals surface area (Å²) in [5, 5.41) is 6.38. The summed E-state index contributed by atoms with van der Waals surface area (Å²) in [6.45, 7) is 6.71. The Balaban J connectivity index is 1.50. The molecular weight excluding hydrogens is 333 g/mol. The molecule has 2 aliphatic rings. The predicted octanol–water partition coefficient (Wildman–Crippen LogP) is 4.76. The molecule has 3 rings (SSSR count). The Bertz CT molecular complexity index is 609. The van der Waals surface area contributed by atoms with Gasteiger partial charge >= 0.3 is 0 Å². The molecule has 1 aliphatic carbocycles. The highest BCUT2D eigenvalue weighted by Crippen LogP contribution is 2.31. The van der Waals surface area contributed by atoms with Gasteiger partial charge in [0.25, 0.3) is 0 Å². The van der Waals surface area contributed by atoms with E-state index >= 15 is 0 Å². The van der Waals surface area contributed by atoms with Crippen molar-refractivity contribution in [1.29, 1.82) is 0 Å². The lowest BCUT2D eigenvalue weighted by Crippen LogP contribution is -2.46. The number of benzene rings is 1. The van der Waals surface area contributed by atoms with Crippen LogP contribution in [0.2, 0.25) is 0 Å². The summed E-state index contributed by atoms with van der Waals surface area (Å²) in [5.41, 5.74) is 1.34. The van der Waals surface area contributed by atoms with Crippen LogP contribution < -0.4 is 5.32 Å². The van der Waals surface area contributed by atoms with Gasteiger partial charge in [-0.15, -0.1) is 4.91 Å². The number of halogens is 1. The van der Waals surface area contributed by atoms with Gasteiger partial charge in [-0.3, -0.25) is 0 Å². The molecule has 1 saturated carbocycles. The minimum absolute atomic E-state index is 0.157. The summed E-state index contributed by atoms with van der Waals surface area (Å²) in [6, 6.07) is 3.88. The summed E-state index contributed by atoms with van der Waals surface area (Å²) >= 11 is 0. The Hall–Kier alpha value is -1.53. The predicted molar refractivity (Wildman–Crippen MR) is 102 cm³/mol. The molecule has 1 heterocycles. The van der Waals surface area contributed by atoms with E-state index in [1.807, 2.05) is 0 Å². The highest BCUT2D eigenvalue weighted by atomic mass is 19.1. The van der Waals surface area contributed by atoms with Gasteiger partial charge in [-0.25, -0.2) is 4.39 Å². The SMILES string of the molecule is CCO[C@H]1CC[C@H](N2CCC(Nc3cc(C)c(F)cc3N=O)CC2)CC1. The van der Waals surface area contributed by atoms with Crippen LogP contribution in [-0.2, 0) is 4.74 Å². The molecule has 26 heavy (non-hydrogen) atoms. The lowest BCUT2D eigenvalue weighted by atomic mass is 9.90. The third kappa shape index (κ3) is 4.60. The van der Waals surface area contributed by atoms with Crippen molar-refractivity contribution in [3.8, 4) is 0 Å². The molecular formula is C20H30FN3O2. The molecule has 1 saturated heterocycles. The molecule has 5 nitrogen and oxygen atoms in total. The van der Waals surface area contributed by atoms with E-state index in [-0.39, 0.29) is 11.5 Å². The van der Waals surface area contributed by atoms with Crippen LogP contribution in [0.1, 0.15) is 51.0 Å². The lowest BCUT2D eigenvalue weighted by Gasteiger charge is -2.41. The van der Waals surface area contributed by atoms with E-state index < -0.39 is 0 Å². The second-order valence-corrected chi connectivity index (χ2v) is 7.55. The first kappa shape index (κ1) is 19.2. The number of aryl methyl sites for hydroxylation is 1. The van der Waals surface area contributed by atoms with E-state index in [1.165, 1.54) is 31.7 Å². The minimum atomic E-state index is -0.386. The Labute approximate surface area is 155 Å². The minimum Gasteiger partial charge on any atom is -0.380 e. The number of hydrogen-bond acceptors (Lipinski definition) is 5. The monoisotopic (exact) mass is 363 g/mol. The molecule has 1 N–H and O–H groups in total. The number of hydrogen-bond donors (Lipinski definition) is 1. The third-order valence-corrected chi connectivity index (χ3v) is 5.83. The summed E-state index contributed by atoms with van der Waals surface area (Å²) in [5.74, 6) is -0.386. The van der Waals surface area contributed by atoms with Crippen LogP contribution in [0.4, 0.5) is 15.8 Å². The quantitative estimate of drug-likeness (QED) is 0.741. The molecule has 0 aromatic heterocycles. The summed E-state index contributed by atoms with van der Waals surface area (Å²) in [4.78, 5) is 13.6. The van der Waals surface area contributed by atoms with Gasteiger partial charge in [-0.1, -0.05) is 0 Å². The smallest absolute Gasteiger partial charge is 0.134 e. The Morgan fingerprint density at radius 2 is 1.88 bits per heavy atom. The van der Waals surface area contributed by atoms with Gasteiger partial charge in [0.15, 0.2) is 0 Å². The van der Waals surface area contributed by atoms with Crippen LogP contribution in [0.5, 0.6) is 0 Å². The van der Waals surface area contributed by atoms with Gasteiger partial charge < -0.3 is 15.0 Å². The van der Waals surface area contributed by atoms with Gasteiger partial charge in [0.05, 0.1) is 11.8 Å². The van der Waals surface area contributed by atoms with Crippen molar-refractivity contribution in [3.05, 3.63) is 28.4 Å². The van der Waals surface area contributed by atoms with E-state index in [2.05, 4.69) is 22.3 Å². The number of anilines is 1. The molecule has 0 radical (unpaired) electrons. The van der Waals surface area contributed by atoms with Crippen molar-refractivity contribution >= 4 is 11.4 Å². The molecule has 0 spiro atoms. The van der Waals surface area contributed by atoms with E-state index in [0.717, 1.165) is 32.5 Å². The van der Waals surface area contributed by atoms with Crippen molar-refractivity contribution in [2.24, 2.45) is 5.18 Å². The third-order valence-electron chi connectivity index (χ3n) is 5.83. The molecule has 0 unspecified atom stereocenters. The lowest BCUT2D eigenvalue weighted by molar-refractivity contribution is 0.00994. The van der Waals surface area contributed by atoms with Gasteiger partial charge in [0, 0.05) is 37.8 Å². The maximum atomic E-state index is 13.6. The van der Waals surface area contributed by atoms with Crippen LogP contribution >= 0.6 is 0 Å². The molecule has 0 amide bonds. The molecule has 1 aromatic rings. The average molecular weight is 363 g/mol. The van der Waals surface area contributed by atoms with Crippen molar-refractivity contribution in [2.45, 2.75) is 70.6 Å². The fraction of sp³-hybridized carbons (Fsp3) is 0.700. The molecule has 2 fully saturated rings. The van der Waals surface area contributed by atoms with Crippen LogP contribution in [0.3, 0.4) is 0 Å². The number of nitrogens with one attached hydrogen (secondary N) is 1. The van der Waals surface area contributed by atoms with Crippen molar-refractivity contribution in [3.63, 3.8) is 0 Å². The first-order valence-corrected chi connectivity index (χ1v) is 9.86. The standard InChI is InChI=1S/C20H30FN3O2/c1-3-26-17-6-4-16(5-7-17)24-10-8-15(9-11-24)22-19-12-14(2)18(21)13-20(19)23-25/h12-13,15-17,22H,3-11H2,1-2H3/t16-,17-. The number of likely N-dealkylation sites (tertiary alicyclic amines) is 1. The number of nitroso groups, excluding NO2 is 1. The number of nitrogens with zero attached hydrogens (tertiary/aromatic N) is 2. The van der Waals surface area contributed by atoms with E-state index in [4.69, 9.17) is 4.74 Å². The Morgan fingerprint density at radius 3 is 2.50 bits per heavy atom. The molecule has 1 aromatic carbocycles. The van der Waals surface area contributed by atoms with Crippen LogP contribution in [-0.4, -0.2) is 42.8 Å². The largest absolute Gasteiger partial charge is 0.380 e. The Kier molecular flexibility index (Phi) is 6.59. The maximum absolute atomic E-state index is 13.6. The second-order valence-electron chi connectivity index (χ2n) is 7.55. The fourth-order valence-corrected chi connectivity index (χ4v) is 4.30. The highest BCUT2D eigenvalue weighted by Gasteiger charge is 2.29. The molecule has 0 bridgehead atoms. The fourth-order valence-electron chi connectivity index (χ4n) is 4.30. The topological polar surface area (TPSA) is 53.9 Å². The summed E-state index contributed by atoms with van der Waals surface area (Å²) in [6.07, 6.45) is 7.28. The molecule has 0 atom stereocenters. The van der Waals surface area contributed by atoms with Crippen LogP contribution in [0.15, 0.2) is 17.3 Å². The summed E-state index contributed by atoms with van der Waals surface area (Å²) in [7, 11) is 0.